The van der Waals surface area contributed by atoms with Crippen LogP contribution in [0.4, 0.5) is 0 Å². The number of imidazole rings is 1. The van der Waals surface area contributed by atoms with Gasteiger partial charge in [-0.3, -0.25) is 0 Å². The van der Waals surface area contributed by atoms with Crippen LogP contribution in [-0.4, -0.2) is 44.9 Å². The minimum absolute atomic E-state index is 0.228. The van der Waals surface area contributed by atoms with Crippen LogP contribution in [0.1, 0.15) is 31.5 Å². The molecule has 0 spiro atoms. The topological polar surface area (TPSA) is 34.0 Å². The Labute approximate surface area is 131 Å². The summed E-state index contributed by atoms with van der Waals surface area (Å²) in [4.78, 5) is 11.7. The Hall–Kier alpha value is -1.13. The number of aromatic nitrogens is 3. The van der Waals surface area contributed by atoms with Gasteiger partial charge in [0, 0.05) is 30.6 Å². The lowest BCUT2D eigenvalue weighted by molar-refractivity contribution is 0.134. The second-order valence-corrected chi connectivity index (χ2v) is 6.60. The van der Waals surface area contributed by atoms with Gasteiger partial charge < -0.3 is 9.47 Å². The smallest absolute Gasteiger partial charge is 0.160 e. The summed E-state index contributed by atoms with van der Waals surface area (Å²) in [5.74, 6) is 1.66. The first-order valence-corrected chi connectivity index (χ1v) is 8.23. The number of rotatable bonds is 5. The Morgan fingerprint density at radius 3 is 2.76 bits per heavy atom. The van der Waals surface area contributed by atoms with Gasteiger partial charge in [0.05, 0.1) is 0 Å². The van der Waals surface area contributed by atoms with Crippen molar-refractivity contribution in [3.05, 3.63) is 24.2 Å². The molecule has 5 heteroatoms. The van der Waals surface area contributed by atoms with Crippen molar-refractivity contribution in [2.75, 3.05) is 20.0 Å². The van der Waals surface area contributed by atoms with E-state index in [0.29, 0.717) is 5.88 Å². The van der Waals surface area contributed by atoms with Crippen LogP contribution in [0.15, 0.2) is 18.3 Å². The van der Waals surface area contributed by atoms with Gasteiger partial charge in [-0.15, -0.1) is 11.6 Å². The monoisotopic (exact) mass is 306 g/mol. The Morgan fingerprint density at radius 1 is 1.33 bits per heavy atom. The van der Waals surface area contributed by atoms with Crippen LogP contribution in [0.3, 0.4) is 0 Å². The largest absolute Gasteiger partial charge is 0.311 e. The van der Waals surface area contributed by atoms with Crippen molar-refractivity contribution in [2.24, 2.45) is 0 Å². The third-order valence-electron chi connectivity index (χ3n) is 4.84. The molecule has 0 atom stereocenters. The Balaban J connectivity index is 2.03. The molecule has 0 unspecified atom stereocenters. The van der Waals surface area contributed by atoms with Crippen LogP contribution in [0, 0.1) is 0 Å². The van der Waals surface area contributed by atoms with E-state index in [2.05, 4.69) is 28.5 Å². The lowest BCUT2D eigenvalue weighted by Crippen LogP contribution is -2.45. The van der Waals surface area contributed by atoms with E-state index in [9.17, 15) is 0 Å². The Kier molecular flexibility index (Phi) is 4.18. The van der Waals surface area contributed by atoms with Gasteiger partial charge in [0.2, 0.25) is 0 Å². The fraction of sp³-hybridized carbons (Fsp3) is 0.625. The third kappa shape index (κ3) is 2.67. The molecule has 0 aliphatic heterocycles. The van der Waals surface area contributed by atoms with Crippen LogP contribution < -0.4 is 0 Å². The SMILES string of the molecule is CN(C)C1(Cn2c(CCCl)nc3cccnc32)CCCC1. The van der Waals surface area contributed by atoms with E-state index in [1.165, 1.54) is 25.7 Å². The Bertz CT molecular complexity index is 614. The first kappa shape index (κ1) is 14.8. The van der Waals surface area contributed by atoms with Crippen LogP contribution in [0.25, 0.3) is 11.2 Å². The molecule has 0 radical (unpaired) electrons. The van der Waals surface area contributed by atoms with Crippen molar-refractivity contribution < 1.29 is 0 Å². The molecule has 0 aromatic carbocycles. The van der Waals surface area contributed by atoms with Crippen LogP contribution in [0.5, 0.6) is 0 Å². The fourth-order valence-electron chi connectivity index (χ4n) is 3.52. The van der Waals surface area contributed by atoms with Crippen molar-refractivity contribution >= 4 is 22.8 Å². The molecule has 2 heterocycles. The number of pyridine rings is 1. The lowest BCUT2D eigenvalue weighted by Gasteiger charge is -2.37. The average Bonchev–Trinajstić information content (AvgIpc) is 3.07. The third-order valence-corrected chi connectivity index (χ3v) is 5.03. The number of fused-ring (bicyclic) bond motifs is 1. The zero-order valence-corrected chi connectivity index (χ0v) is 13.6. The molecular formula is C16H23ClN4. The minimum Gasteiger partial charge on any atom is -0.311 e. The lowest BCUT2D eigenvalue weighted by atomic mass is 9.96. The quantitative estimate of drug-likeness (QED) is 0.796. The van der Waals surface area contributed by atoms with E-state index in [0.717, 1.165) is 30.0 Å². The second kappa shape index (κ2) is 5.93. The van der Waals surface area contributed by atoms with Gasteiger partial charge in [0.1, 0.15) is 11.3 Å². The number of hydrogen-bond acceptors (Lipinski definition) is 3. The molecule has 1 aliphatic rings. The summed E-state index contributed by atoms with van der Waals surface area (Å²) in [5.41, 5.74) is 2.20. The van der Waals surface area contributed by atoms with Crippen molar-refractivity contribution in [3.8, 4) is 0 Å². The highest BCUT2D eigenvalue weighted by Gasteiger charge is 2.37. The molecule has 0 N–H and O–H groups in total. The highest BCUT2D eigenvalue weighted by molar-refractivity contribution is 6.17. The molecule has 4 nitrogen and oxygen atoms in total. The maximum atomic E-state index is 5.97. The molecule has 1 saturated carbocycles. The van der Waals surface area contributed by atoms with Gasteiger partial charge in [-0.25, -0.2) is 9.97 Å². The summed E-state index contributed by atoms with van der Waals surface area (Å²) in [6.07, 6.45) is 7.75. The normalized spacial score (nSPS) is 17.9. The van der Waals surface area contributed by atoms with Crippen molar-refractivity contribution in [2.45, 2.75) is 44.2 Å². The summed E-state index contributed by atoms with van der Waals surface area (Å²) in [6.45, 7) is 0.958. The molecule has 0 amide bonds. The molecule has 3 rings (SSSR count). The zero-order chi connectivity index (χ0) is 14.9. The average molecular weight is 307 g/mol. The molecular weight excluding hydrogens is 284 g/mol. The molecule has 2 aromatic rings. The number of halogens is 1. The summed E-state index contributed by atoms with van der Waals surface area (Å²) in [6, 6.07) is 3.98. The predicted molar refractivity (Wildman–Crippen MR) is 86.8 cm³/mol. The van der Waals surface area contributed by atoms with Gasteiger partial charge in [0.25, 0.3) is 0 Å². The zero-order valence-electron chi connectivity index (χ0n) is 12.8. The van der Waals surface area contributed by atoms with Crippen molar-refractivity contribution in [3.63, 3.8) is 0 Å². The highest BCUT2D eigenvalue weighted by atomic mass is 35.5. The van der Waals surface area contributed by atoms with E-state index >= 15 is 0 Å². The summed E-state index contributed by atoms with van der Waals surface area (Å²) >= 11 is 5.97. The number of alkyl halides is 1. The maximum Gasteiger partial charge on any atom is 0.160 e. The molecule has 1 fully saturated rings. The molecule has 0 saturated heterocycles. The van der Waals surface area contributed by atoms with Gasteiger partial charge in [-0.05, 0) is 39.1 Å². The second-order valence-electron chi connectivity index (χ2n) is 6.23. The molecule has 0 bridgehead atoms. The van der Waals surface area contributed by atoms with Gasteiger partial charge in [-0.1, -0.05) is 12.8 Å². The highest BCUT2D eigenvalue weighted by Crippen LogP contribution is 2.36. The van der Waals surface area contributed by atoms with E-state index in [-0.39, 0.29) is 5.54 Å². The van der Waals surface area contributed by atoms with E-state index in [4.69, 9.17) is 16.6 Å². The molecule has 114 valence electrons. The first-order chi connectivity index (χ1) is 10.2. The predicted octanol–water partition coefficient (Wildman–Crippen LogP) is 3.09. The van der Waals surface area contributed by atoms with E-state index in [1.807, 2.05) is 18.3 Å². The van der Waals surface area contributed by atoms with Crippen LogP contribution in [-0.2, 0) is 13.0 Å². The maximum absolute atomic E-state index is 5.97. The standard InChI is InChI=1S/C16H23ClN4/c1-20(2)16(8-3-4-9-16)12-21-14(7-10-17)19-13-6-5-11-18-15(13)21/h5-6,11H,3-4,7-10,12H2,1-2H3. The fourth-order valence-corrected chi connectivity index (χ4v) is 3.69. The van der Waals surface area contributed by atoms with E-state index < -0.39 is 0 Å². The molecule has 21 heavy (non-hydrogen) atoms. The van der Waals surface area contributed by atoms with Gasteiger partial charge in [-0.2, -0.15) is 0 Å². The summed E-state index contributed by atoms with van der Waals surface area (Å²) in [7, 11) is 4.39. The summed E-state index contributed by atoms with van der Waals surface area (Å²) < 4.78 is 2.29. The number of likely N-dealkylation sites (N-methyl/N-ethyl adjacent to an activating group) is 1. The Morgan fingerprint density at radius 2 is 2.10 bits per heavy atom. The van der Waals surface area contributed by atoms with Gasteiger partial charge >= 0.3 is 0 Å². The van der Waals surface area contributed by atoms with Gasteiger partial charge in [0.15, 0.2) is 5.65 Å². The number of hydrogen-bond donors (Lipinski definition) is 0. The molecule has 2 aromatic heterocycles. The number of nitrogens with zero attached hydrogens (tertiary/aromatic N) is 4. The first-order valence-electron chi connectivity index (χ1n) is 7.70. The van der Waals surface area contributed by atoms with Crippen LogP contribution >= 0.6 is 11.6 Å². The molecule has 1 aliphatic carbocycles. The summed E-state index contributed by atoms with van der Waals surface area (Å²) in [5, 5.41) is 0. The van der Waals surface area contributed by atoms with Crippen molar-refractivity contribution in [1.82, 2.24) is 19.4 Å². The van der Waals surface area contributed by atoms with E-state index in [1.54, 1.807) is 0 Å². The van der Waals surface area contributed by atoms with Crippen LogP contribution in [0.2, 0.25) is 0 Å². The van der Waals surface area contributed by atoms with Crippen molar-refractivity contribution in [1.29, 1.82) is 0 Å². The minimum atomic E-state index is 0.228. The number of aryl methyl sites for hydroxylation is 1.